The number of aromatic nitrogens is 4. The third-order valence-electron chi connectivity index (χ3n) is 9.94. The number of nitrogens with zero attached hydrogens (tertiary/aromatic N) is 4. The molecule has 10 rings (SSSR count). The molecule has 0 unspecified atom stereocenters. The van der Waals surface area contributed by atoms with E-state index in [9.17, 15) is 0 Å². The smallest absolute Gasteiger partial charge is 0.160 e. The van der Waals surface area contributed by atoms with Crippen molar-refractivity contribution < 1.29 is 0 Å². The van der Waals surface area contributed by atoms with E-state index in [2.05, 4.69) is 146 Å². The molecule has 7 aromatic carbocycles. The molecule has 0 saturated heterocycles. The Morgan fingerprint density at radius 3 is 1.33 bits per heavy atom. The van der Waals surface area contributed by atoms with E-state index in [1.54, 1.807) is 11.3 Å². The van der Waals surface area contributed by atoms with Crippen LogP contribution < -0.4 is 0 Å². The second-order valence-corrected chi connectivity index (χ2v) is 14.5. The topological polar surface area (TPSA) is 51.6 Å². The van der Waals surface area contributed by atoms with Gasteiger partial charge in [0.05, 0.1) is 22.8 Å². The number of hydrogen-bond acceptors (Lipinski definition) is 5. The maximum atomic E-state index is 5.24. The fraction of sp³-hybridized carbons (Fsp3) is 0. The minimum absolute atomic E-state index is 0.698. The van der Waals surface area contributed by atoms with Gasteiger partial charge in [0.25, 0.3) is 0 Å². The van der Waals surface area contributed by atoms with Gasteiger partial charge < -0.3 is 0 Å². The van der Waals surface area contributed by atoms with Crippen LogP contribution in [0.5, 0.6) is 0 Å². The van der Waals surface area contributed by atoms with Crippen molar-refractivity contribution in [1.82, 2.24) is 19.9 Å². The molecule has 0 aliphatic rings. The third-order valence-corrected chi connectivity index (χ3v) is 11.1. The first-order chi connectivity index (χ1) is 27.2. The summed E-state index contributed by atoms with van der Waals surface area (Å²) in [7, 11) is 0. The summed E-state index contributed by atoms with van der Waals surface area (Å²) in [4.78, 5) is 20.4. The van der Waals surface area contributed by atoms with Gasteiger partial charge >= 0.3 is 0 Å². The highest BCUT2D eigenvalue weighted by molar-refractivity contribution is 7.26. The van der Waals surface area contributed by atoms with Crippen LogP contribution in [0, 0.1) is 0 Å². The first-order valence-corrected chi connectivity index (χ1v) is 19.1. The molecule has 0 bridgehead atoms. The van der Waals surface area contributed by atoms with Crippen LogP contribution in [0.2, 0.25) is 0 Å². The average Bonchev–Trinajstić information content (AvgIpc) is 3.66. The molecule has 0 fully saturated rings. The zero-order valence-corrected chi connectivity index (χ0v) is 30.5. The van der Waals surface area contributed by atoms with Crippen molar-refractivity contribution in [3.05, 3.63) is 194 Å². The summed E-state index contributed by atoms with van der Waals surface area (Å²) in [5, 5.41) is 2.41. The van der Waals surface area contributed by atoms with Crippen LogP contribution in [0.3, 0.4) is 0 Å². The maximum absolute atomic E-state index is 5.24. The van der Waals surface area contributed by atoms with Crippen LogP contribution in [0.4, 0.5) is 0 Å². The van der Waals surface area contributed by atoms with Gasteiger partial charge in [-0.15, -0.1) is 11.3 Å². The molecule has 0 aliphatic heterocycles. The van der Waals surface area contributed by atoms with E-state index in [-0.39, 0.29) is 0 Å². The predicted octanol–water partition coefficient (Wildman–Crippen LogP) is 13.3. The first kappa shape index (κ1) is 32.6. The SMILES string of the molecule is c1ccc(-c2ccc(-c3nc(-c4ccccc4)cc(-c4cccc5c4sc4cc(-c6cc(-c7ccccc7)nc(-c7ccccc7)n6)ccc45)n3)cc2)cc1. The standard InChI is InChI=1S/C50H32N4S/c1-5-14-33(15-6-1)34-24-26-38(27-25-34)50-52-44(36-18-9-3-10-19-36)32-46(54-50)42-23-13-22-41-40-29-28-39(30-47(40)55-48(41)42)45-31-43(35-16-7-2-8-17-35)51-49(53-45)37-20-11-4-12-21-37/h1-32H. The van der Waals surface area contributed by atoms with Crippen molar-refractivity contribution in [2.45, 2.75) is 0 Å². The zero-order valence-electron chi connectivity index (χ0n) is 29.7. The van der Waals surface area contributed by atoms with E-state index in [1.807, 2.05) is 48.5 Å². The van der Waals surface area contributed by atoms with E-state index in [4.69, 9.17) is 19.9 Å². The summed E-state index contributed by atoms with van der Waals surface area (Å²) < 4.78 is 2.38. The van der Waals surface area contributed by atoms with Crippen molar-refractivity contribution in [3.63, 3.8) is 0 Å². The molecular weight excluding hydrogens is 689 g/mol. The Morgan fingerprint density at radius 2 is 0.727 bits per heavy atom. The Balaban J connectivity index is 1.10. The van der Waals surface area contributed by atoms with E-state index in [1.165, 1.54) is 25.7 Å². The van der Waals surface area contributed by atoms with Crippen molar-refractivity contribution in [3.8, 4) is 78.9 Å². The number of benzene rings is 7. The maximum Gasteiger partial charge on any atom is 0.160 e. The van der Waals surface area contributed by atoms with Gasteiger partial charge in [-0.05, 0) is 29.3 Å². The summed E-state index contributed by atoms with van der Waals surface area (Å²) in [6.45, 7) is 0. The summed E-state index contributed by atoms with van der Waals surface area (Å²) in [6.07, 6.45) is 0. The minimum Gasteiger partial charge on any atom is -0.228 e. The van der Waals surface area contributed by atoms with Gasteiger partial charge in [0, 0.05) is 53.6 Å². The molecule has 0 aliphatic carbocycles. The van der Waals surface area contributed by atoms with Crippen LogP contribution in [0.25, 0.3) is 99.1 Å². The lowest BCUT2D eigenvalue weighted by Gasteiger charge is -2.11. The van der Waals surface area contributed by atoms with Gasteiger partial charge in [-0.1, -0.05) is 176 Å². The van der Waals surface area contributed by atoms with Gasteiger partial charge in [0.15, 0.2) is 11.6 Å². The van der Waals surface area contributed by atoms with Gasteiger partial charge in [0.2, 0.25) is 0 Å². The third kappa shape index (κ3) is 6.37. The predicted molar refractivity (Wildman–Crippen MR) is 229 cm³/mol. The molecule has 0 amide bonds. The molecule has 4 nitrogen and oxygen atoms in total. The van der Waals surface area contributed by atoms with E-state index < -0.39 is 0 Å². The van der Waals surface area contributed by atoms with Crippen LogP contribution in [-0.2, 0) is 0 Å². The molecule has 3 aromatic heterocycles. The van der Waals surface area contributed by atoms with Crippen molar-refractivity contribution in [2.75, 3.05) is 0 Å². The Kier molecular flexibility index (Phi) is 8.32. The second kappa shape index (κ2) is 14.0. The Labute approximate surface area is 323 Å². The van der Waals surface area contributed by atoms with Crippen LogP contribution in [0.15, 0.2) is 194 Å². The summed E-state index contributed by atoms with van der Waals surface area (Å²) >= 11 is 1.79. The summed E-state index contributed by atoms with van der Waals surface area (Å²) in [6, 6.07) is 67.3. The lowest BCUT2D eigenvalue weighted by molar-refractivity contribution is 1.18. The lowest BCUT2D eigenvalue weighted by atomic mass is 10.0. The highest BCUT2D eigenvalue weighted by Crippen LogP contribution is 2.42. The van der Waals surface area contributed by atoms with Crippen LogP contribution in [0.1, 0.15) is 0 Å². The Morgan fingerprint density at radius 1 is 0.291 bits per heavy atom. The van der Waals surface area contributed by atoms with Gasteiger partial charge in [0.1, 0.15) is 0 Å². The molecule has 258 valence electrons. The van der Waals surface area contributed by atoms with Crippen molar-refractivity contribution in [2.24, 2.45) is 0 Å². The molecule has 55 heavy (non-hydrogen) atoms. The van der Waals surface area contributed by atoms with Gasteiger partial charge in [-0.2, -0.15) is 0 Å². The van der Waals surface area contributed by atoms with Crippen LogP contribution in [-0.4, -0.2) is 19.9 Å². The van der Waals surface area contributed by atoms with Crippen molar-refractivity contribution >= 4 is 31.5 Å². The fourth-order valence-corrected chi connectivity index (χ4v) is 8.41. The number of fused-ring (bicyclic) bond motifs is 3. The molecule has 0 spiro atoms. The molecule has 3 heterocycles. The van der Waals surface area contributed by atoms with Crippen molar-refractivity contribution in [1.29, 1.82) is 0 Å². The highest BCUT2D eigenvalue weighted by Gasteiger charge is 2.17. The molecule has 0 saturated carbocycles. The first-order valence-electron chi connectivity index (χ1n) is 18.3. The van der Waals surface area contributed by atoms with Gasteiger partial charge in [-0.3, -0.25) is 0 Å². The second-order valence-electron chi connectivity index (χ2n) is 13.5. The molecule has 10 aromatic rings. The number of rotatable bonds is 7. The minimum atomic E-state index is 0.698. The van der Waals surface area contributed by atoms with Gasteiger partial charge in [-0.25, -0.2) is 19.9 Å². The molecule has 5 heteroatoms. The van der Waals surface area contributed by atoms with E-state index in [0.29, 0.717) is 11.6 Å². The fourth-order valence-electron chi connectivity index (χ4n) is 7.14. The number of thiophene rings is 1. The Hall–Kier alpha value is -7.08. The summed E-state index contributed by atoms with van der Waals surface area (Å²) in [5.41, 5.74) is 12.1. The average molecular weight is 721 g/mol. The Bertz CT molecular complexity index is 2890. The molecule has 0 N–H and O–H groups in total. The van der Waals surface area contributed by atoms with Crippen LogP contribution >= 0.6 is 11.3 Å². The lowest BCUT2D eigenvalue weighted by Crippen LogP contribution is -1.96. The van der Waals surface area contributed by atoms with E-state index in [0.717, 1.165) is 61.7 Å². The quantitative estimate of drug-likeness (QED) is 0.164. The summed E-state index contributed by atoms with van der Waals surface area (Å²) in [5.74, 6) is 1.41. The highest BCUT2D eigenvalue weighted by atomic mass is 32.1. The monoisotopic (exact) mass is 720 g/mol. The van der Waals surface area contributed by atoms with E-state index >= 15 is 0 Å². The number of hydrogen-bond donors (Lipinski definition) is 0. The zero-order chi connectivity index (χ0) is 36.6. The molecular formula is C50H32N4S. The normalized spacial score (nSPS) is 11.3. The molecule has 0 radical (unpaired) electrons. The largest absolute Gasteiger partial charge is 0.228 e. The molecule has 0 atom stereocenters.